The number of carbonyl (C=O) groups excluding carboxylic acids is 4. The number of aliphatic hydroxyl groups excluding tert-OH is 1. The van der Waals surface area contributed by atoms with E-state index in [0.717, 1.165) is 37.7 Å². The number of allylic oxidation sites excluding steroid dienone is 1. The molecule has 262 valence electrons. The van der Waals surface area contributed by atoms with Crippen LogP contribution in [0.25, 0.3) is 0 Å². The molecule has 0 aromatic heterocycles. The van der Waals surface area contributed by atoms with Gasteiger partial charge in [-0.05, 0) is 44.6 Å². The maximum Gasteiger partial charge on any atom is 0.313 e. The number of nitrogens with zero attached hydrogens (tertiary/aromatic N) is 3. The highest BCUT2D eigenvalue weighted by molar-refractivity contribution is 9.09. The fraction of sp³-hybridized carbons (Fsp3) is 0.622. The minimum absolute atomic E-state index is 0.0351. The second kappa shape index (κ2) is 15.7. The molecule has 5 rings (SSSR count). The summed E-state index contributed by atoms with van der Waals surface area (Å²) in [6, 6.07) is 7.86. The van der Waals surface area contributed by atoms with E-state index in [-0.39, 0.29) is 48.2 Å². The van der Waals surface area contributed by atoms with Gasteiger partial charge in [0.1, 0.15) is 17.7 Å². The number of esters is 1. The molecule has 3 aliphatic heterocycles. The Balaban J connectivity index is 1.48. The first-order valence-electron chi connectivity index (χ1n) is 17.4. The first kappa shape index (κ1) is 36.3. The van der Waals surface area contributed by atoms with Crippen LogP contribution in [0.1, 0.15) is 76.4 Å². The third-order valence-corrected chi connectivity index (χ3v) is 11.7. The van der Waals surface area contributed by atoms with Gasteiger partial charge < -0.3 is 29.3 Å². The first-order chi connectivity index (χ1) is 23.1. The number of aliphatic hydroxyl groups is 1. The van der Waals surface area contributed by atoms with Gasteiger partial charge >= 0.3 is 5.97 Å². The van der Waals surface area contributed by atoms with E-state index in [9.17, 15) is 24.3 Å². The molecular weight excluding hydrogens is 678 g/mol. The van der Waals surface area contributed by atoms with Crippen LogP contribution in [-0.4, -0.2) is 105 Å². The lowest BCUT2D eigenvalue weighted by atomic mass is 9.70. The predicted molar refractivity (Wildman–Crippen MR) is 185 cm³/mol. The van der Waals surface area contributed by atoms with Crippen molar-refractivity contribution in [3.05, 3.63) is 61.2 Å². The highest BCUT2D eigenvalue weighted by Gasteiger charge is 2.77. The van der Waals surface area contributed by atoms with Crippen LogP contribution < -0.4 is 0 Å². The van der Waals surface area contributed by atoms with E-state index in [4.69, 9.17) is 9.47 Å². The van der Waals surface area contributed by atoms with E-state index in [0.29, 0.717) is 25.8 Å². The molecule has 1 spiro atoms. The Morgan fingerprint density at radius 2 is 1.88 bits per heavy atom. The number of hydrogen-bond donors (Lipinski definition) is 1. The average molecular weight is 729 g/mol. The van der Waals surface area contributed by atoms with Crippen molar-refractivity contribution in [2.75, 3.05) is 26.7 Å². The summed E-state index contributed by atoms with van der Waals surface area (Å²) in [5.74, 6) is -3.10. The van der Waals surface area contributed by atoms with Crippen molar-refractivity contribution in [3.8, 4) is 0 Å². The summed E-state index contributed by atoms with van der Waals surface area (Å²) in [4.78, 5) is 61.3. The molecule has 2 bridgehead atoms. The third-order valence-electron chi connectivity index (χ3n) is 10.9. The van der Waals surface area contributed by atoms with Gasteiger partial charge in [0.2, 0.25) is 17.7 Å². The van der Waals surface area contributed by atoms with E-state index >= 15 is 0 Å². The van der Waals surface area contributed by atoms with Crippen LogP contribution in [-0.2, 0) is 28.7 Å². The van der Waals surface area contributed by atoms with E-state index in [1.807, 2.05) is 42.2 Å². The molecule has 8 atom stereocenters. The van der Waals surface area contributed by atoms with Crippen LogP contribution in [0.3, 0.4) is 0 Å². The zero-order valence-electron chi connectivity index (χ0n) is 28.2. The molecule has 1 saturated carbocycles. The fourth-order valence-electron chi connectivity index (χ4n) is 8.39. The van der Waals surface area contributed by atoms with Crippen LogP contribution in [0.2, 0.25) is 0 Å². The van der Waals surface area contributed by atoms with Gasteiger partial charge in [-0.1, -0.05) is 77.7 Å². The zero-order chi connectivity index (χ0) is 34.6. The molecular formula is C37H50BrN3O7. The molecule has 1 aromatic carbocycles. The number of alkyl halides is 1. The standard InChI is InChI=1S/C37H50BrN3O7/c1-5-7-19-28(43)39(4)24(3)31(25-15-10-8-11-16-25)47-36(46)29-30-34(44)41(21-14-22-42)33(37(30)23-27(38)32(29)48-37)35(45)40(20-6-2)26-17-12-9-13-18-26/h5-6,8,10-11,15-16,24,26-27,29-33,42H,1-2,7,9,12-14,17-23H2,3-4H3/t24-,27?,29+,30-,31+,32+,33+,37-/m1/s1. The summed E-state index contributed by atoms with van der Waals surface area (Å²) in [5.41, 5.74) is -0.509. The Labute approximate surface area is 292 Å². The zero-order valence-corrected chi connectivity index (χ0v) is 29.8. The minimum atomic E-state index is -1.23. The normalized spacial score (nSPS) is 29.2. The van der Waals surface area contributed by atoms with Gasteiger partial charge in [-0.25, -0.2) is 0 Å². The first-order valence-corrected chi connectivity index (χ1v) is 18.3. The molecule has 10 nitrogen and oxygen atoms in total. The van der Waals surface area contributed by atoms with Gasteiger partial charge in [0.25, 0.3) is 0 Å². The number of ether oxygens (including phenoxy) is 2. The van der Waals surface area contributed by atoms with E-state index in [1.165, 1.54) is 0 Å². The molecule has 11 heteroatoms. The molecule has 1 N–H and O–H groups in total. The Kier molecular flexibility index (Phi) is 11.8. The number of carbonyl (C=O) groups is 4. The minimum Gasteiger partial charge on any atom is -0.455 e. The quantitative estimate of drug-likeness (QED) is 0.160. The van der Waals surface area contributed by atoms with Gasteiger partial charge in [-0.15, -0.1) is 13.2 Å². The average Bonchev–Trinajstić information content (AvgIpc) is 3.70. The predicted octanol–water partition coefficient (Wildman–Crippen LogP) is 4.56. The number of halogens is 1. The van der Waals surface area contributed by atoms with Crippen LogP contribution in [0.5, 0.6) is 0 Å². The second-order valence-electron chi connectivity index (χ2n) is 13.7. The molecule has 1 aromatic rings. The van der Waals surface area contributed by atoms with Gasteiger partial charge in [0.15, 0.2) is 0 Å². The summed E-state index contributed by atoms with van der Waals surface area (Å²) < 4.78 is 13.1. The smallest absolute Gasteiger partial charge is 0.313 e. The number of amides is 3. The third kappa shape index (κ3) is 6.74. The molecule has 4 fully saturated rings. The monoisotopic (exact) mass is 727 g/mol. The fourth-order valence-corrected chi connectivity index (χ4v) is 9.33. The number of hydrogen-bond acceptors (Lipinski definition) is 7. The van der Waals surface area contributed by atoms with Crippen LogP contribution >= 0.6 is 15.9 Å². The highest BCUT2D eigenvalue weighted by Crippen LogP contribution is 2.60. The lowest BCUT2D eigenvalue weighted by Crippen LogP contribution is -2.58. The maximum atomic E-state index is 14.7. The van der Waals surface area contributed by atoms with Crippen LogP contribution in [0, 0.1) is 11.8 Å². The summed E-state index contributed by atoms with van der Waals surface area (Å²) >= 11 is 3.75. The largest absolute Gasteiger partial charge is 0.455 e. The summed E-state index contributed by atoms with van der Waals surface area (Å²) in [7, 11) is 1.70. The Morgan fingerprint density at radius 3 is 2.52 bits per heavy atom. The van der Waals surface area contributed by atoms with Crippen molar-refractivity contribution in [1.82, 2.24) is 14.7 Å². The van der Waals surface area contributed by atoms with Gasteiger partial charge in [-0.3, -0.25) is 19.2 Å². The van der Waals surface area contributed by atoms with E-state index < -0.39 is 47.7 Å². The molecule has 48 heavy (non-hydrogen) atoms. The van der Waals surface area contributed by atoms with Crippen LogP contribution in [0.4, 0.5) is 0 Å². The van der Waals surface area contributed by atoms with Crippen molar-refractivity contribution in [2.45, 2.75) is 105 Å². The molecule has 4 aliphatic rings. The SMILES string of the molecule is C=CCCC(=O)N(C)[C@H](C)[C@H](OC(=O)[C@@H]1[C@H]2O[C@@]3(CC2Br)[C@H](C(=O)N(CC=C)C2CCCCC2)N(CCCO)C(=O)[C@@H]13)c1ccccc1. The van der Waals surface area contributed by atoms with Crippen molar-refractivity contribution in [1.29, 1.82) is 0 Å². The molecule has 3 saturated heterocycles. The summed E-state index contributed by atoms with van der Waals surface area (Å²) in [5, 5.41) is 9.75. The topological polar surface area (TPSA) is 117 Å². The number of benzene rings is 1. The van der Waals surface area contributed by atoms with Crippen molar-refractivity contribution in [2.24, 2.45) is 11.8 Å². The Hall–Kier alpha value is -3.02. The van der Waals surface area contributed by atoms with E-state index in [1.54, 1.807) is 29.0 Å². The molecule has 3 amide bonds. The summed E-state index contributed by atoms with van der Waals surface area (Å²) in [6.45, 7) is 9.84. The number of likely N-dealkylation sites (tertiary alicyclic amines) is 1. The van der Waals surface area contributed by atoms with Gasteiger partial charge in [0, 0.05) is 44.0 Å². The lowest BCUT2D eigenvalue weighted by molar-refractivity contribution is -0.164. The molecule has 3 heterocycles. The van der Waals surface area contributed by atoms with Crippen LogP contribution in [0.15, 0.2) is 55.6 Å². The van der Waals surface area contributed by atoms with Crippen molar-refractivity contribution in [3.63, 3.8) is 0 Å². The number of likely N-dealkylation sites (N-methyl/N-ethyl adjacent to an activating group) is 1. The van der Waals surface area contributed by atoms with Crippen molar-refractivity contribution < 1.29 is 33.8 Å². The number of fused-ring (bicyclic) bond motifs is 1. The Morgan fingerprint density at radius 1 is 1.17 bits per heavy atom. The van der Waals surface area contributed by atoms with Crippen molar-refractivity contribution >= 4 is 39.6 Å². The molecule has 1 aliphatic carbocycles. The Bertz CT molecular complexity index is 1350. The molecule has 0 radical (unpaired) electrons. The van der Waals surface area contributed by atoms with Gasteiger partial charge in [0.05, 0.1) is 24.0 Å². The molecule has 1 unspecified atom stereocenters. The van der Waals surface area contributed by atoms with Gasteiger partial charge in [-0.2, -0.15) is 0 Å². The van der Waals surface area contributed by atoms with E-state index in [2.05, 4.69) is 29.1 Å². The number of rotatable bonds is 15. The summed E-state index contributed by atoms with van der Waals surface area (Å²) in [6.07, 6.45) is 8.38. The second-order valence-corrected chi connectivity index (χ2v) is 14.9. The maximum absolute atomic E-state index is 14.7. The lowest BCUT2D eigenvalue weighted by Gasteiger charge is -2.41. The highest BCUT2D eigenvalue weighted by atomic mass is 79.9.